The monoisotopic (exact) mass is 378 g/mol. The Bertz CT molecular complexity index is 589. The molecule has 2 aliphatic heterocycles. The molecule has 0 aliphatic carbocycles. The Morgan fingerprint density at radius 3 is 2.58 bits per heavy atom. The molecule has 144 valence electrons. The normalized spacial score (nSPS) is 23.1. The van der Waals surface area contributed by atoms with Gasteiger partial charge in [0.1, 0.15) is 0 Å². The second-order valence-corrected chi connectivity index (χ2v) is 7.97. The first kappa shape index (κ1) is 19.6. The van der Waals surface area contributed by atoms with Gasteiger partial charge in [-0.25, -0.2) is 0 Å². The molecule has 1 unspecified atom stereocenters. The topological polar surface area (TPSA) is 38.8 Å². The van der Waals surface area contributed by atoms with Crippen LogP contribution in [0.4, 0.5) is 5.69 Å². The third-order valence-corrected chi connectivity index (χ3v) is 6.01. The number of piperidine rings is 1. The lowest BCUT2D eigenvalue weighted by Gasteiger charge is -2.37. The number of anilines is 1. The predicted molar refractivity (Wildman–Crippen MR) is 108 cm³/mol. The standard InChI is InChI=1S/C20H31ClN4O/c1-23-10-5-4-6-17(23)9-11-24-12-14-25(15-13-24)16-20(26)22-19-8-3-2-7-18(19)21/h2-3,7-8,17H,4-6,9-16H2,1H3,(H,22,26). The van der Waals surface area contributed by atoms with Crippen LogP contribution in [0.1, 0.15) is 25.7 Å². The summed E-state index contributed by atoms with van der Waals surface area (Å²) in [5.74, 6) is 0.00961. The fourth-order valence-electron chi connectivity index (χ4n) is 3.97. The van der Waals surface area contributed by atoms with Crippen molar-refractivity contribution >= 4 is 23.2 Å². The van der Waals surface area contributed by atoms with E-state index in [-0.39, 0.29) is 5.91 Å². The van der Waals surface area contributed by atoms with E-state index < -0.39 is 0 Å². The van der Waals surface area contributed by atoms with Crippen molar-refractivity contribution in [2.45, 2.75) is 31.7 Å². The summed E-state index contributed by atoms with van der Waals surface area (Å²) in [5, 5.41) is 3.49. The highest BCUT2D eigenvalue weighted by molar-refractivity contribution is 6.33. The lowest BCUT2D eigenvalue weighted by atomic mass is 10.00. The third-order valence-electron chi connectivity index (χ3n) is 5.68. The zero-order valence-corrected chi connectivity index (χ0v) is 16.5. The van der Waals surface area contributed by atoms with E-state index in [4.69, 9.17) is 11.6 Å². The average Bonchev–Trinajstić information content (AvgIpc) is 2.64. The minimum atomic E-state index is 0.00961. The van der Waals surface area contributed by atoms with Crippen molar-refractivity contribution in [3.8, 4) is 0 Å². The highest BCUT2D eigenvalue weighted by Crippen LogP contribution is 2.20. The molecule has 2 saturated heterocycles. The van der Waals surface area contributed by atoms with Gasteiger partial charge in [-0.2, -0.15) is 0 Å². The molecule has 1 atom stereocenters. The minimum absolute atomic E-state index is 0.00961. The molecule has 3 rings (SSSR count). The van der Waals surface area contributed by atoms with Crippen LogP contribution in [0, 0.1) is 0 Å². The van der Waals surface area contributed by atoms with Gasteiger partial charge in [0, 0.05) is 32.2 Å². The number of piperazine rings is 1. The minimum Gasteiger partial charge on any atom is -0.324 e. The molecule has 26 heavy (non-hydrogen) atoms. The Morgan fingerprint density at radius 1 is 1.12 bits per heavy atom. The number of rotatable bonds is 6. The first-order valence-electron chi connectivity index (χ1n) is 9.81. The smallest absolute Gasteiger partial charge is 0.238 e. The van der Waals surface area contributed by atoms with Gasteiger partial charge in [0.2, 0.25) is 5.91 Å². The van der Waals surface area contributed by atoms with Crippen LogP contribution in [0.25, 0.3) is 0 Å². The number of hydrogen-bond donors (Lipinski definition) is 1. The summed E-state index contributed by atoms with van der Waals surface area (Å²) in [4.78, 5) is 19.6. The second kappa shape index (κ2) is 9.70. The SMILES string of the molecule is CN1CCCCC1CCN1CCN(CC(=O)Nc2ccccc2Cl)CC1. The van der Waals surface area contributed by atoms with Crippen molar-refractivity contribution in [1.29, 1.82) is 0 Å². The maximum absolute atomic E-state index is 12.3. The summed E-state index contributed by atoms with van der Waals surface area (Å²) >= 11 is 6.10. The number of carbonyl (C=O) groups is 1. The van der Waals surface area contributed by atoms with E-state index in [2.05, 4.69) is 27.1 Å². The Balaban J connectivity index is 1.35. The number of amides is 1. The summed E-state index contributed by atoms with van der Waals surface area (Å²) in [7, 11) is 2.26. The maximum Gasteiger partial charge on any atom is 0.238 e. The van der Waals surface area contributed by atoms with Gasteiger partial charge < -0.3 is 15.1 Å². The first-order valence-corrected chi connectivity index (χ1v) is 10.2. The number of halogens is 1. The number of likely N-dealkylation sites (tertiary alicyclic amines) is 1. The van der Waals surface area contributed by atoms with Crippen molar-refractivity contribution in [3.63, 3.8) is 0 Å². The number of nitrogens with one attached hydrogen (secondary N) is 1. The zero-order chi connectivity index (χ0) is 18.4. The number of benzene rings is 1. The molecule has 0 aromatic heterocycles. The van der Waals surface area contributed by atoms with Gasteiger partial charge in [0.25, 0.3) is 0 Å². The van der Waals surface area contributed by atoms with Crippen molar-refractivity contribution in [3.05, 3.63) is 29.3 Å². The zero-order valence-electron chi connectivity index (χ0n) is 15.8. The molecule has 0 bridgehead atoms. The van der Waals surface area contributed by atoms with Gasteiger partial charge in [-0.1, -0.05) is 30.2 Å². The Kier molecular flexibility index (Phi) is 7.32. The maximum atomic E-state index is 12.3. The van der Waals surface area contributed by atoms with E-state index in [0.717, 1.165) is 32.2 Å². The third kappa shape index (κ3) is 5.68. The van der Waals surface area contributed by atoms with Crippen LogP contribution in [0.5, 0.6) is 0 Å². The highest BCUT2D eigenvalue weighted by atomic mass is 35.5. The molecule has 0 saturated carbocycles. The van der Waals surface area contributed by atoms with Crippen LogP contribution in [0.2, 0.25) is 5.02 Å². The Hall–Kier alpha value is -1.14. The van der Waals surface area contributed by atoms with Gasteiger partial charge in [-0.05, 0) is 51.5 Å². The van der Waals surface area contributed by atoms with E-state index in [1.165, 1.54) is 38.8 Å². The number of nitrogens with zero attached hydrogens (tertiary/aromatic N) is 3. The van der Waals surface area contributed by atoms with Crippen LogP contribution >= 0.6 is 11.6 Å². The van der Waals surface area contributed by atoms with Crippen LogP contribution in [0.15, 0.2) is 24.3 Å². The van der Waals surface area contributed by atoms with Crippen LogP contribution in [-0.2, 0) is 4.79 Å². The Morgan fingerprint density at radius 2 is 1.85 bits per heavy atom. The van der Waals surface area contributed by atoms with E-state index in [1.54, 1.807) is 6.07 Å². The summed E-state index contributed by atoms with van der Waals surface area (Å²) in [6.07, 6.45) is 5.34. The molecule has 1 aromatic rings. The molecular formula is C20H31ClN4O. The number of hydrogen-bond acceptors (Lipinski definition) is 4. The first-order chi connectivity index (χ1) is 12.6. The van der Waals surface area contributed by atoms with E-state index >= 15 is 0 Å². The van der Waals surface area contributed by atoms with Gasteiger partial charge in [0.05, 0.1) is 17.3 Å². The van der Waals surface area contributed by atoms with E-state index in [1.807, 2.05) is 18.2 Å². The molecule has 0 spiro atoms. The molecule has 2 heterocycles. The predicted octanol–water partition coefficient (Wildman–Crippen LogP) is 2.77. The van der Waals surface area contributed by atoms with Gasteiger partial charge in [0.15, 0.2) is 0 Å². The van der Waals surface area contributed by atoms with Crippen molar-refractivity contribution in [2.75, 3.05) is 58.2 Å². The summed E-state index contributed by atoms with van der Waals surface area (Å²) in [6, 6.07) is 8.12. The molecule has 1 N–H and O–H groups in total. The lowest BCUT2D eigenvalue weighted by Crippen LogP contribution is -2.49. The van der Waals surface area contributed by atoms with E-state index in [0.29, 0.717) is 17.3 Å². The van der Waals surface area contributed by atoms with Crippen molar-refractivity contribution in [2.24, 2.45) is 0 Å². The van der Waals surface area contributed by atoms with Crippen LogP contribution in [-0.4, -0.2) is 79.5 Å². The second-order valence-electron chi connectivity index (χ2n) is 7.56. The fourth-order valence-corrected chi connectivity index (χ4v) is 4.15. The summed E-state index contributed by atoms with van der Waals surface area (Å²) < 4.78 is 0. The molecule has 0 radical (unpaired) electrons. The molecule has 6 heteroatoms. The molecule has 5 nitrogen and oxygen atoms in total. The fraction of sp³-hybridized carbons (Fsp3) is 0.650. The van der Waals surface area contributed by atoms with Crippen LogP contribution in [0.3, 0.4) is 0 Å². The Labute approximate surface area is 162 Å². The number of carbonyl (C=O) groups excluding carboxylic acids is 1. The number of para-hydroxylation sites is 1. The molecular weight excluding hydrogens is 348 g/mol. The van der Waals surface area contributed by atoms with Crippen LogP contribution < -0.4 is 5.32 Å². The summed E-state index contributed by atoms with van der Waals surface area (Å²) in [5.41, 5.74) is 0.689. The molecule has 2 aliphatic rings. The quantitative estimate of drug-likeness (QED) is 0.826. The highest BCUT2D eigenvalue weighted by Gasteiger charge is 2.22. The molecule has 2 fully saturated rings. The average molecular weight is 379 g/mol. The molecule has 1 amide bonds. The largest absolute Gasteiger partial charge is 0.324 e. The van der Waals surface area contributed by atoms with Crippen molar-refractivity contribution in [1.82, 2.24) is 14.7 Å². The lowest BCUT2D eigenvalue weighted by molar-refractivity contribution is -0.117. The summed E-state index contributed by atoms with van der Waals surface area (Å²) in [6.45, 7) is 6.87. The van der Waals surface area contributed by atoms with Gasteiger partial charge in [-0.15, -0.1) is 0 Å². The van der Waals surface area contributed by atoms with Crippen molar-refractivity contribution < 1.29 is 4.79 Å². The molecule has 1 aromatic carbocycles. The van der Waals surface area contributed by atoms with Gasteiger partial charge >= 0.3 is 0 Å². The van der Waals surface area contributed by atoms with E-state index in [9.17, 15) is 4.79 Å². The van der Waals surface area contributed by atoms with Gasteiger partial charge in [-0.3, -0.25) is 9.69 Å².